The normalized spacial score (nSPS) is 11.4. The zero-order valence-electron chi connectivity index (χ0n) is 18.9. The van der Waals surface area contributed by atoms with E-state index in [1.54, 1.807) is 37.3 Å². The number of hydrazone groups is 1. The lowest BCUT2D eigenvalue weighted by Gasteiger charge is -2.25. The fraction of sp³-hybridized carbons (Fsp3) is 0.167. The maximum Gasteiger partial charge on any atom is 0.278 e. The minimum Gasteiger partial charge on any atom is -0.271 e. The molecule has 0 fully saturated rings. The number of carbonyl (C=O) groups excluding carboxylic acids is 1. The molecule has 0 saturated carbocycles. The monoisotopic (exact) mass is 480 g/mol. The van der Waals surface area contributed by atoms with Crippen molar-refractivity contribution >= 4 is 33.5 Å². The van der Waals surface area contributed by atoms with Gasteiger partial charge >= 0.3 is 0 Å². The largest absolute Gasteiger partial charge is 0.278 e. The van der Waals surface area contributed by atoms with Gasteiger partial charge in [0, 0.05) is 6.07 Å². The number of nitro benzene ring substituents is 1. The van der Waals surface area contributed by atoms with E-state index in [0.29, 0.717) is 11.3 Å². The SMILES string of the molecule is Cc1ccc(S(=O)(=O)N(CC(=O)N/N=C\c2ccccc2[N+](=O)[O-])c2cc(C)ccc2C)cc1. The van der Waals surface area contributed by atoms with Gasteiger partial charge in [0.1, 0.15) is 6.54 Å². The third-order valence-electron chi connectivity index (χ3n) is 5.06. The second-order valence-electron chi connectivity index (χ2n) is 7.72. The van der Waals surface area contributed by atoms with Gasteiger partial charge in [-0.05, 0) is 56.2 Å². The standard InChI is InChI=1S/C24H24N4O5S/c1-17-9-12-21(13-10-17)34(32,33)27(23-14-18(2)8-11-19(23)3)16-24(29)26-25-15-20-6-4-5-7-22(20)28(30)31/h4-15H,16H2,1-3H3,(H,26,29)/b25-15-. The number of aryl methyl sites for hydroxylation is 3. The lowest BCUT2D eigenvalue weighted by molar-refractivity contribution is -0.385. The first-order valence-electron chi connectivity index (χ1n) is 10.3. The summed E-state index contributed by atoms with van der Waals surface area (Å²) in [5.74, 6) is -0.702. The van der Waals surface area contributed by atoms with Gasteiger partial charge in [-0.15, -0.1) is 0 Å². The number of para-hydroxylation sites is 1. The number of amides is 1. The van der Waals surface area contributed by atoms with E-state index < -0.39 is 27.4 Å². The van der Waals surface area contributed by atoms with Gasteiger partial charge in [0.25, 0.3) is 21.6 Å². The molecule has 3 aromatic carbocycles. The molecule has 0 saturated heterocycles. The van der Waals surface area contributed by atoms with Crippen molar-refractivity contribution in [3.05, 3.63) is 99.1 Å². The first-order chi connectivity index (χ1) is 16.1. The number of anilines is 1. The molecule has 0 aliphatic carbocycles. The predicted octanol–water partition coefficient (Wildman–Crippen LogP) is 3.87. The van der Waals surface area contributed by atoms with Gasteiger partial charge in [0.2, 0.25) is 0 Å². The highest BCUT2D eigenvalue weighted by Gasteiger charge is 2.28. The molecule has 0 aliphatic rings. The summed E-state index contributed by atoms with van der Waals surface area (Å²) >= 11 is 0. The summed E-state index contributed by atoms with van der Waals surface area (Å²) in [6.07, 6.45) is 1.15. The van der Waals surface area contributed by atoms with Crippen LogP contribution in [0.3, 0.4) is 0 Å². The first-order valence-corrected chi connectivity index (χ1v) is 11.8. The summed E-state index contributed by atoms with van der Waals surface area (Å²) < 4.78 is 28.0. The number of carbonyl (C=O) groups is 1. The molecule has 0 aliphatic heterocycles. The average Bonchev–Trinajstić information content (AvgIpc) is 2.79. The smallest absolute Gasteiger partial charge is 0.271 e. The number of nitrogens with one attached hydrogen (secondary N) is 1. The molecule has 0 radical (unpaired) electrons. The zero-order valence-corrected chi connectivity index (χ0v) is 19.7. The van der Waals surface area contributed by atoms with Crippen molar-refractivity contribution in [3.8, 4) is 0 Å². The molecule has 0 atom stereocenters. The van der Waals surface area contributed by atoms with E-state index in [0.717, 1.165) is 21.6 Å². The Bertz CT molecular complexity index is 1350. The molecule has 0 aromatic heterocycles. The molecular formula is C24H24N4O5S. The molecule has 176 valence electrons. The van der Waals surface area contributed by atoms with E-state index in [4.69, 9.17) is 0 Å². The van der Waals surface area contributed by atoms with Crippen LogP contribution < -0.4 is 9.73 Å². The summed E-state index contributed by atoms with van der Waals surface area (Å²) in [5, 5.41) is 14.9. The van der Waals surface area contributed by atoms with Crippen molar-refractivity contribution in [1.29, 1.82) is 0 Å². The number of sulfonamides is 1. The third-order valence-corrected chi connectivity index (χ3v) is 6.83. The van der Waals surface area contributed by atoms with Crippen molar-refractivity contribution in [2.24, 2.45) is 5.10 Å². The Morgan fingerprint density at radius 1 is 1.03 bits per heavy atom. The number of hydrogen-bond acceptors (Lipinski definition) is 6. The lowest BCUT2D eigenvalue weighted by Crippen LogP contribution is -2.40. The molecule has 34 heavy (non-hydrogen) atoms. The van der Waals surface area contributed by atoms with Crippen LogP contribution in [0.1, 0.15) is 22.3 Å². The van der Waals surface area contributed by atoms with Crippen molar-refractivity contribution in [1.82, 2.24) is 5.43 Å². The Morgan fingerprint density at radius 2 is 1.68 bits per heavy atom. The van der Waals surface area contributed by atoms with Crippen LogP contribution in [0, 0.1) is 30.9 Å². The van der Waals surface area contributed by atoms with Crippen LogP contribution in [-0.2, 0) is 14.8 Å². The molecule has 0 heterocycles. The van der Waals surface area contributed by atoms with Crippen molar-refractivity contribution < 1.29 is 18.1 Å². The van der Waals surface area contributed by atoms with Crippen LogP contribution in [0.5, 0.6) is 0 Å². The molecule has 1 N–H and O–H groups in total. The van der Waals surface area contributed by atoms with Crippen LogP contribution >= 0.6 is 0 Å². The van der Waals surface area contributed by atoms with Gasteiger partial charge in [0.15, 0.2) is 0 Å². The minimum atomic E-state index is -4.07. The molecule has 0 bridgehead atoms. The Hall–Kier alpha value is -4.05. The van der Waals surface area contributed by atoms with Crippen LogP contribution in [-0.4, -0.2) is 32.0 Å². The molecule has 9 nitrogen and oxygen atoms in total. The molecule has 10 heteroatoms. The Morgan fingerprint density at radius 3 is 2.35 bits per heavy atom. The minimum absolute atomic E-state index is 0.0511. The maximum absolute atomic E-state index is 13.5. The highest BCUT2D eigenvalue weighted by Crippen LogP contribution is 2.28. The third kappa shape index (κ3) is 5.65. The van der Waals surface area contributed by atoms with Gasteiger partial charge in [-0.25, -0.2) is 13.8 Å². The van der Waals surface area contributed by atoms with Gasteiger partial charge in [-0.1, -0.05) is 42.0 Å². The Balaban J connectivity index is 1.90. The second-order valence-corrected chi connectivity index (χ2v) is 9.59. The van der Waals surface area contributed by atoms with E-state index in [1.165, 1.54) is 30.3 Å². The summed E-state index contributed by atoms with van der Waals surface area (Å²) in [4.78, 5) is 23.3. The highest BCUT2D eigenvalue weighted by atomic mass is 32.2. The summed E-state index contributed by atoms with van der Waals surface area (Å²) in [6, 6.07) is 17.6. The second kappa shape index (κ2) is 10.3. The van der Waals surface area contributed by atoms with Gasteiger partial charge in [-0.2, -0.15) is 5.10 Å². The van der Waals surface area contributed by atoms with Crippen LogP contribution in [0.25, 0.3) is 0 Å². The van der Waals surface area contributed by atoms with E-state index in [1.807, 2.05) is 19.9 Å². The fourth-order valence-corrected chi connectivity index (χ4v) is 4.71. The number of nitro groups is 1. The van der Waals surface area contributed by atoms with E-state index in [-0.39, 0.29) is 16.1 Å². The Labute approximate surface area is 197 Å². The summed E-state index contributed by atoms with van der Waals surface area (Å²) in [5.41, 5.74) is 5.09. The highest BCUT2D eigenvalue weighted by molar-refractivity contribution is 7.92. The van der Waals surface area contributed by atoms with E-state index in [9.17, 15) is 23.3 Å². The van der Waals surface area contributed by atoms with Crippen LogP contribution in [0.15, 0.2) is 76.7 Å². The molecule has 1 amide bonds. The topological polar surface area (TPSA) is 122 Å². The van der Waals surface area contributed by atoms with Gasteiger partial charge in [0.05, 0.1) is 27.3 Å². The van der Waals surface area contributed by atoms with Gasteiger partial charge < -0.3 is 0 Å². The fourth-order valence-electron chi connectivity index (χ4n) is 3.23. The number of benzene rings is 3. The first kappa shape index (κ1) is 24.6. The molecule has 0 spiro atoms. The maximum atomic E-state index is 13.5. The van der Waals surface area contributed by atoms with Crippen LogP contribution in [0.2, 0.25) is 0 Å². The lowest BCUT2D eigenvalue weighted by atomic mass is 10.1. The molecule has 0 unspecified atom stereocenters. The molecule has 3 aromatic rings. The summed E-state index contributed by atoms with van der Waals surface area (Å²) in [7, 11) is -4.07. The predicted molar refractivity (Wildman–Crippen MR) is 130 cm³/mol. The molecular weight excluding hydrogens is 456 g/mol. The zero-order chi connectivity index (χ0) is 24.9. The molecule has 3 rings (SSSR count). The Kier molecular flexibility index (Phi) is 7.42. The van der Waals surface area contributed by atoms with Crippen molar-refractivity contribution in [3.63, 3.8) is 0 Å². The summed E-state index contributed by atoms with van der Waals surface area (Å²) in [6.45, 7) is 4.91. The van der Waals surface area contributed by atoms with Crippen molar-refractivity contribution in [2.75, 3.05) is 10.8 Å². The quantitative estimate of drug-likeness (QED) is 0.298. The number of hydrogen-bond donors (Lipinski definition) is 1. The average molecular weight is 481 g/mol. The number of nitrogens with zero attached hydrogens (tertiary/aromatic N) is 3. The van der Waals surface area contributed by atoms with Crippen molar-refractivity contribution in [2.45, 2.75) is 25.7 Å². The van der Waals surface area contributed by atoms with Crippen LogP contribution in [0.4, 0.5) is 11.4 Å². The van der Waals surface area contributed by atoms with E-state index in [2.05, 4.69) is 10.5 Å². The van der Waals surface area contributed by atoms with Gasteiger partial charge in [-0.3, -0.25) is 19.2 Å². The van der Waals surface area contributed by atoms with E-state index >= 15 is 0 Å². The number of rotatable bonds is 8.